The largest absolute Gasteiger partial charge is 0.484 e. The SMILES string of the molecule is Cc1ccccc1CN(C)C(=O)COc1cccc(C(=O)NC2CC2)c1. The summed E-state index contributed by atoms with van der Waals surface area (Å²) in [6.45, 7) is 2.51. The van der Waals surface area contributed by atoms with Crippen LogP contribution in [0.2, 0.25) is 0 Å². The normalized spacial score (nSPS) is 13.2. The van der Waals surface area contributed by atoms with E-state index in [1.807, 2.05) is 31.2 Å². The molecule has 2 aromatic carbocycles. The van der Waals surface area contributed by atoms with E-state index in [1.54, 1.807) is 36.2 Å². The first-order valence-corrected chi connectivity index (χ1v) is 8.85. The maximum atomic E-state index is 12.3. The van der Waals surface area contributed by atoms with Gasteiger partial charge in [0.2, 0.25) is 0 Å². The standard InChI is InChI=1S/C21H24N2O3/c1-15-6-3-4-7-17(15)13-23(2)20(24)14-26-19-9-5-8-16(12-19)21(25)22-18-10-11-18/h3-9,12,18H,10-11,13-14H2,1-2H3,(H,22,25). The number of hydrogen-bond donors (Lipinski definition) is 1. The van der Waals surface area contributed by atoms with Gasteiger partial charge in [-0.15, -0.1) is 0 Å². The lowest BCUT2D eigenvalue weighted by Crippen LogP contribution is -2.31. The molecular weight excluding hydrogens is 328 g/mol. The van der Waals surface area contributed by atoms with Gasteiger partial charge in [-0.3, -0.25) is 9.59 Å². The van der Waals surface area contributed by atoms with Gasteiger partial charge in [-0.1, -0.05) is 30.3 Å². The summed E-state index contributed by atoms with van der Waals surface area (Å²) in [4.78, 5) is 26.1. The molecule has 1 fully saturated rings. The molecule has 136 valence electrons. The van der Waals surface area contributed by atoms with Crippen LogP contribution >= 0.6 is 0 Å². The molecule has 0 radical (unpaired) electrons. The number of ether oxygens (including phenoxy) is 1. The van der Waals surface area contributed by atoms with Crippen LogP contribution in [0.4, 0.5) is 0 Å². The Labute approximate surface area is 154 Å². The first-order valence-electron chi connectivity index (χ1n) is 8.85. The lowest BCUT2D eigenvalue weighted by molar-refractivity contribution is -0.132. The Balaban J connectivity index is 1.53. The summed E-state index contributed by atoms with van der Waals surface area (Å²) >= 11 is 0. The molecule has 5 nitrogen and oxygen atoms in total. The van der Waals surface area contributed by atoms with Gasteiger partial charge in [0.05, 0.1) is 0 Å². The fraction of sp³-hybridized carbons (Fsp3) is 0.333. The van der Waals surface area contributed by atoms with Crippen molar-refractivity contribution < 1.29 is 14.3 Å². The fourth-order valence-electron chi connectivity index (χ4n) is 2.61. The van der Waals surface area contributed by atoms with E-state index in [0.717, 1.165) is 24.0 Å². The summed E-state index contributed by atoms with van der Waals surface area (Å²) in [6.07, 6.45) is 2.09. The third kappa shape index (κ3) is 4.85. The van der Waals surface area contributed by atoms with Gasteiger partial charge < -0.3 is 15.0 Å². The number of aryl methyl sites for hydroxylation is 1. The number of benzene rings is 2. The number of amides is 2. The number of hydrogen-bond acceptors (Lipinski definition) is 3. The lowest BCUT2D eigenvalue weighted by atomic mass is 10.1. The Kier molecular flexibility index (Phi) is 5.56. The average molecular weight is 352 g/mol. The quantitative estimate of drug-likeness (QED) is 0.833. The van der Waals surface area contributed by atoms with E-state index in [1.165, 1.54) is 0 Å². The van der Waals surface area contributed by atoms with Crippen molar-refractivity contribution in [3.05, 3.63) is 65.2 Å². The van der Waals surface area contributed by atoms with Crippen molar-refractivity contribution in [2.75, 3.05) is 13.7 Å². The Bertz CT molecular complexity index is 799. The monoisotopic (exact) mass is 352 g/mol. The molecule has 0 spiro atoms. The summed E-state index contributed by atoms with van der Waals surface area (Å²) in [7, 11) is 1.76. The zero-order valence-electron chi connectivity index (χ0n) is 15.2. The van der Waals surface area contributed by atoms with Crippen molar-refractivity contribution in [2.24, 2.45) is 0 Å². The predicted molar refractivity (Wildman–Crippen MR) is 100 cm³/mol. The molecule has 1 saturated carbocycles. The lowest BCUT2D eigenvalue weighted by Gasteiger charge is -2.19. The van der Waals surface area contributed by atoms with Crippen LogP contribution in [-0.2, 0) is 11.3 Å². The van der Waals surface area contributed by atoms with E-state index in [0.29, 0.717) is 23.9 Å². The van der Waals surface area contributed by atoms with Gasteiger partial charge in [-0.25, -0.2) is 0 Å². The van der Waals surface area contributed by atoms with Crippen molar-refractivity contribution in [2.45, 2.75) is 32.4 Å². The molecule has 0 saturated heterocycles. The fourth-order valence-corrected chi connectivity index (χ4v) is 2.61. The molecule has 0 atom stereocenters. The van der Waals surface area contributed by atoms with Crippen LogP contribution in [0.15, 0.2) is 48.5 Å². The molecule has 0 unspecified atom stereocenters. The molecule has 2 amide bonds. The minimum Gasteiger partial charge on any atom is -0.484 e. The molecule has 0 bridgehead atoms. The molecule has 1 aliphatic carbocycles. The van der Waals surface area contributed by atoms with E-state index in [2.05, 4.69) is 5.32 Å². The van der Waals surface area contributed by atoms with Gasteiger partial charge in [-0.2, -0.15) is 0 Å². The summed E-state index contributed by atoms with van der Waals surface area (Å²) < 4.78 is 5.60. The first-order chi connectivity index (χ1) is 12.5. The van der Waals surface area contributed by atoms with Gasteiger partial charge in [-0.05, 0) is 49.1 Å². The number of nitrogens with one attached hydrogen (secondary N) is 1. The van der Waals surface area contributed by atoms with Crippen molar-refractivity contribution in [1.82, 2.24) is 10.2 Å². The number of rotatable bonds is 7. The molecule has 1 aliphatic rings. The van der Waals surface area contributed by atoms with Crippen LogP contribution in [0.25, 0.3) is 0 Å². The van der Waals surface area contributed by atoms with E-state index in [4.69, 9.17) is 4.74 Å². The Morgan fingerprint density at radius 2 is 1.92 bits per heavy atom. The summed E-state index contributed by atoms with van der Waals surface area (Å²) in [5.41, 5.74) is 2.82. The van der Waals surface area contributed by atoms with Gasteiger partial charge in [0.25, 0.3) is 11.8 Å². The number of likely N-dealkylation sites (N-methyl/N-ethyl adjacent to an activating group) is 1. The first kappa shape index (κ1) is 18.0. The minimum absolute atomic E-state index is 0.0594. The maximum Gasteiger partial charge on any atom is 0.260 e. The van der Waals surface area contributed by atoms with Crippen molar-refractivity contribution in [3.8, 4) is 5.75 Å². The molecule has 3 rings (SSSR count). The average Bonchev–Trinajstić information content (AvgIpc) is 3.45. The number of nitrogens with zero attached hydrogens (tertiary/aromatic N) is 1. The summed E-state index contributed by atoms with van der Waals surface area (Å²) in [5.74, 6) is 0.313. The zero-order valence-corrected chi connectivity index (χ0v) is 15.2. The second-order valence-corrected chi connectivity index (χ2v) is 6.74. The molecule has 1 N–H and O–H groups in total. The number of carbonyl (C=O) groups is 2. The van der Waals surface area contributed by atoms with Gasteiger partial charge in [0.15, 0.2) is 6.61 Å². The number of carbonyl (C=O) groups excluding carboxylic acids is 2. The highest BCUT2D eigenvalue weighted by Crippen LogP contribution is 2.20. The van der Waals surface area contributed by atoms with E-state index >= 15 is 0 Å². The molecule has 2 aromatic rings. The van der Waals surface area contributed by atoms with Crippen LogP contribution in [0.5, 0.6) is 5.75 Å². The van der Waals surface area contributed by atoms with Crippen molar-refractivity contribution in [3.63, 3.8) is 0 Å². The van der Waals surface area contributed by atoms with Gasteiger partial charge in [0.1, 0.15) is 5.75 Å². The van der Waals surface area contributed by atoms with Crippen LogP contribution in [-0.4, -0.2) is 36.4 Å². The minimum atomic E-state index is -0.110. The second kappa shape index (κ2) is 8.04. The molecular formula is C21H24N2O3. The van der Waals surface area contributed by atoms with Crippen LogP contribution in [0.1, 0.15) is 34.3 Å². The highest BCUT2D eigenvalue weighted by molar-refractivity contribution is 5.95. The van der Waals surface area contributed by atoms with E-state index < -0.39 is 0 Å². The van der Waals surface area contributed by atoms with Crippen LogP contribution in [0, 0.1) is 6.92 Å². The highest BCUT2D eigenvalue weighted by atomic mass is 16.5. The summed E-state index contributed by atoms with van der Waals surface area (Å²) in [6, 6.07) is 15.2. The van der Waals surface area contributed by atoms with Crippen LogP contribution < -0.4 is 10.1 Å². The van der Waals surface area contributed by atoms with Gasteiger partial charge in [0, 0.05) is 25.2 Å². The van der Waals surface area contributed by atoms with Crippen LogP contribution in [0.3, 0.4) is 0 Å². The predicted octanol–water partition coefficient (Wildman–Crippen LogP) is 2.92. The topological polar surface area (TPSA) is 58.6 Å². The zero-order chi connectivity index (χ0) is 18.5. The Morgan fingerprint density at radius 3 is 2.65 bits per heavy atom. The third-order valence-electron chi connectivity index (χ3n) is 4.47. The highest BCUT2D eigenvalue weighted by Gasteiger charge is 2.23. The second-order valence-electron chi connectivity index (χ2n) is 6.74. The van der Waals surface area contributed by atoms with Crippen molar-refractivity contribution in [1.29, 1.82) is 0 Å². The smallest absolute Gasteiger partial charge is 0.260 e. The molecule has 26 heavy (non-hydrogen) atoms. The molecule has 0 heterocycles. The molecule has 0 aliphatic heterocycles. The third-order valence-corrected chi connectivity index (χ3v) is 4.47. The molecule has 5 heteroatoms. The Hall–Kier alpha value is -2.82. The van der Waals surface area contributed by atoms with Gasteiger partial charge >= 0.3 is 0 Å². The van der Waals surface area contributed by atoms with E-state index in [-0.39, 0.29) is 18.4 Å². The van der Waals surface area contributed by atoms with Crippen molar-refractivity contribution >= 4 is 11.8 Å². The summed E-state index contributed by atoms with van der Waals surface area (Å²) in [5, 5.41) is 2.94. The Morgan fingerprint density at radius 1 is 1.15 bits per heavy atom. The maximum absolute atomic E-state index is 12.3. The van der Waals surface area contributed by atoms with E-state index in [9.17, 15) is 9.59 Å². The molecule has 0 aromatic heterocycles.